The quantitative estimate of drug-likeness (QED) is 0.530. The van der Waals surface area contributed by atoms with E-state index in [1.54, 1.807) is 12.1 Å². The maximum atomic E-state index is 13.0. The van der Waals surface area contributed by atoms with Crippen LogP contribution < -0.4 is 14.8 Å². The zero-order valence-electron chi connectivity index (χ0n) is 17.1. The first-order chi connectivity index (χ1) is 14.8. The van der Waals surface area contributed by atoms with Crippen LogP contribution in [0.5, 0.6) is 5.75 Å². The zero-order valence-corrected chi connectivity index (χ0v) is 18.7. The van der Waals surface area contributed by atoms with Gasteiger partial charge >= 0.3 is 0 Å². The van der Waals surface area contributed by atoms with E-state index in [0.29, 0.717) is 11.4 Å². The lowest BCUT2D eigenvalue weighted by atomic mass is 10.1. The van der Waals surface area contributed by atoms with Crippen LogP contribution in [0.15, 0.2) is 77.7 Å². The summed E-state index contributed by atoms with van der Waals surface area (Å²) < 4.78 is 33.6. The maximum Gasteiger partial charge on any atom is 0.242 e. The first kappa shape index (κ1) is 22.8. The highest BCUT2D eigenvalue weighted by Gasteiger charge is 2.27. The van der Waals surface area contributed by atoms with Crippen molar-refractivity contribution >= 4 is 33.2 Å². The number of rotatable bonds is 8. The van der Waals surface area contributed by atoms with E-state index >= 15 is 0 Å². The van der Waals surface area contributed by atoms with E-state index in [1.807, 2.05) is 49.4 Å². The Morgan fingerprint density at radius 1 is 1.03 bits per heavy atom. The first-order valence-corrected chi connectivity index (χ1v) is 11.4. The second kappa shape index (κ2) is 9.96. The minimum Gasteiger partial charge on any atom is -0.495 e. The van der Waals surface area contributed by atoms with Crippen LogP contribution in [0.2, 0.25) is 5.02 Å². The van der Waals surface area contributed by atoms with Crippen LogP contribution in [0.25, 0.3) is 0 Å². The molecule has 0 aliphatic heterocycles. The van der Waals surface area contributed by atoms with Gasteiger partial charge in [-0.25, -0.2) is 8.42 Å². The molecule has 0 saturated heterocycles. The summed E-state index contributed by atoms with van der Waals surface area (Å²) in [5, 5.41) is 2.94. The third-order valence-corrected chi connectivity index (χ3v) is 6.41. The number of methoxy groups -OCH3 is 1. The number of benzene rings is 3. The minimum atomic E-state index is -4.02. The number of hydrogen-bond donors (Lipinski definition) is 2. The van der Waals surface area contributed by atoms with Crippen LogP contribution in [0.1, 0.15) is 11.1 Å². The highest BCUT2D eigenvalue weighted by atomic mass is 35.5. The van der Waals surface area contributed by atoms with Gasteiger partial charge in [0.1, 0.15) is 11.8 Å². The summed E-state index contributed by atoms with van der Waals surface area (Å²) >= 11 is 6.09. The summed E-state index contributed by atoms with van der Waals surface area (Å²) in [6, 6.07) is 19.6. The molecule has 0 bridgehead atoms. The predicted octanol–water partition coefficient (Wildman–Crippen LogP) is 4.19. The van der Waals surface area contributed by atoms with E-state index in [-0.39, 0.29) is 16.3 Å². The van der Waals surface area contributed by atoms with E-state index in [4.69, 9.17) is 16.3 Å². The van der Waals surface area contributed by atoms with Gasteiger partial charge in [0.2, 0.25) is 15.9 Å². The molecule has 6 nitrogen and oxygen atoms in total. The summed E-state index contributed by atoms with van der Waals surface area (Å²) in [5.74, 6) is -0.102. The molecule has 3 aromatic carbocycles. The number of halogens is 1. The summed E-state index contributed by atoms with van der Waals surface area (Å²) in [5.41, 5.74) is 2.46. The van der Waals surface area contributed by atoms with Crippen molar-refractivity contribution in [2.24, 2.45) is 0 Å². The number of amides is 1. The van der Waals surface area contributed by atoms with Gasteiger partial charge < -0.3 is 10.1 Å². The Morgan fingerprint density at radius 3 is 2.32 bits per heavy atom. The number of hydrogen-bond acceptors (Lipinski definition) is 4. The minimum absolute atomic E-state index is 0.0560. The zero-order chi connectivity index (χ0) is 22.4. The van der Waals surface area contributed by atoms with Crippen molar-refractivity contribution in [1.29, 1.82) is 0 Å². The highest BCUT2D eigenvalue weighted by Crippen LogP contribution is 2.27. The van der Waals surface area contributed by atoms with Crippen molar-refractivity contribution in [3.8, 4) is 5.75 Å². The molecule has 0 unspecified atom stereocenters. The Morgan fingerprint density at radius 2 is 1.71 bits per heavy atom. The van der Waals surface area contributed by atoms with Gasteiger partial charge in [-0.1, -0.05) is 59.6 Å². The highest BCUT2D eigenvalue weighted by molar-refractivity contribution is 7.89. The van der Waals surface area contributed by atoms with Gasteiger partial charge in [0.05, 0.1) is 17.0 Å². The normalized spacial score (nSPS) is 12.2. The Labute approximate surface area is 187 Å². The molecule has 0 aliphatic rings. The van der Waals surface area contributed by atoms with Crippen LogP contribution in [-0.4, -0.2) is 27.5 Å². The first-order valence-electron chi connectivity index (χ1n) is 9.56. The molecule has 0 saturated carbocycles. The lowest BCUT2D eigenvalue weighted by Gasteiger charge is -2.19. The van der Waals surface area contributed by atoms with Crippen LogP contribution in [-0.2, 0) is 21.2 Å². The van der Waals surface area contributed by atoms with Gasteiger partial charge in [0.15, 0.2) is 0 Å². The van der Waals surface area contributed by atoms with Crippen LogP contribution in [0, 0.1) is 6.92 Å². The van der Waals surface area contributed by atoms with Crippen molar-refractivity contribution < 1.29 is 17.9 Å². The second-order valence-corrected chi connectivity index (χ2v) is 9.14. The molecule has 1 amide bonds. The van der Waals surface area contributed by atoms with Gasteiger partial charge in [-0.3, -0.25) is 4.79 Å². The number of aryl methyl sites for hydroxylation is 1. The summed E-state index contributed by atoms with van der Waals surface area (Å²) in [6.45, 7) is 1.94. The van der Waals surface area contributed by atoms with Crippen molar-refractivity contribution in [1.82, 2.24) is 4.72 Å². The maximum absolute atomic E-state index is 13.0. The molecule has 31 heavy (non-hydrogen) atoms. The van der Waals surface area contributed by atoms with E-state index < -0.39 is 22.0 Å². The molecule has 0 aromatic heterocycles. The van der Waals surface area contributed by atoms with Gasteiger partial charge in [-0.2, -0.15) is 4.72 Å². The fraction of sp³-hybridized carbons (Fsp3) is 0.174. The molecular weight excluding hydrogens is 436 g/mol. The number of sulfonamides is 1. The summed E-state index contributed by atoms with van der Waals surface area (Å²) in [4.78, 5) is 12.9. The number of ether oxygens (including phenoxy) is 1. The molecule has 0 fully saturated rings. The molecule has 0 spiro atoms. The van der Waals surface area contributed by atoms with Crippen molar-refractivity contribution in [3.05, 3.63) is 88.9 Å². The van der Waals surface area contributed by atoms with Crippen LogP contribution >= 0.6 is 11.6 Å². The molecule has 0 heterocycles. The monoisotopic (exact) mass is 458 g/mol. The molecule has 3 rings (SSSR count). The summed E-state index contributed by atoms with van der Waals surface area (Å²) in [6.07, 6.45) is 0.182. The topological polar surface area (TPSA) is 84.5 Å². The van der Waals surface area contributed by atoms with E-state index in [1.165, 1.54) is 25.3 Å². The van der Waals surface area contributed by atoms with Gasteiger partial charge in [-0.05, 0) is 49.2 Å². The Bertz CT molecular complexity index is 1150. The average Bonchev–Trinajstić information content (AvgIpc) is 2.75. The Balaban J connectivity index is 1.87. The van der Waals surface area contributed by atoms with Crippen molar-refractivity contribution in [2.45, 2.75) is 24.3 Å². The van der Waals surface area contributed by atoms with Crippen molar-refractivity contribution in [3.63, 3.8) is 0 Å². The molecule has 2 N–H and O–H groups in total. The van der Waals surface area contributed by atoms with Gasteiger partial charge in [0, 0.05) is 5.69 Å². The van der Waals surface area contributed by atoms with Gasteiger partial charge in [0.25, 0.3) is 0 Å². The third-order valence-electron chi connectivity index (χ3n) is 4.65. The molecule has 0 aliphatic carbocycles. The average molecular weight is 459 g/mol. The van der Waals surface area contributed by atoms with Crippen molar-refractivity contribution in [2.75, 3.05) is 12.4 Å². The molecule has 162 valence electrons. The number of nitrogens with one attached hydrogen (secondary N) is 2. The largest absolute Gasteiger partial charge is 0.495 e. The smallest absolute Gasteiger partial charge is 0.242 e. The molecule has 3 aromatic rings. The number of anilines is 1. The third kappa shape index (κ3) is 6.07. The van der Waals surface area contributed by atoms with Crippen LogP contribution in [0.4, 0.5) is 5.69 Å². The summed E-state index contributed by atoms with van der Waals surface area (Å²) in [7, 11) is -2.58. The standard InChI is InChI=1S/C23H23ClN2O4S/c1-16-8-10-18(11-9-16)25-23(27)21(14-17-6-4-3-5-7-17)26-31(28,29)19-12-13-22(30-2)20(24)15-19/h3-13,15,21,26H,14H2,1-2H3,(H,25,27)/t21-/m0/s1. The van der Waals surface area contributed by atoms with Crippen LogP contribution in [0.3, 0.4) is 0 Å². The molecule has 0 radical (unpaired) electrons. The number of carbonyl (C=O) groups excluding carboxylic acids is 1. The predicted molar refractivity (Wildman–Crippen MR) is 122 cm³/mol. The SMILES string of the molecule is COc1ccc(S(=O)(=O)N[C@@H](Cc2ccccc2)C(=O)Nc2ccc(C)cc2)cc1Cl. The molecule has 8 heteroatoms. The van der Waals surface area contributed by atoms with E-state index in [0.717, 1.165) is 11.1 Å². The second-order valence-electron chi connectivity index (χ2n) is 7.02. The van der Waals surface area contributed by atoms with E-state index in [2.05, 4.69) is 10.0 Å². The number of carbonyl (C=O) groups is 1. The lowest BCUT2D eigenvalue weighted by Crippen LogP contribution is -2.45. The Kier molecular flexibility index (Phi) is 7.33. The molecule has 1 atom stereocenters. The van der Waals surface area contributed by atoms with E-state index in [9.17, 15) is 13.2 Å². The fourth-order valence-corrected chi connectivity index (χ4v) is 4.52. The fourth-order valence-electron chi connectivity index (χ4n) is 2.97. The Hall–Kier alpha value is -2.87. The molecular formula is C23H23ClN2O4S. The van der Waals surface area contributed by atoms with Gasteiger partial charge in [-0.15, -0.1) is 0 Å². The lowest BCUT2D eigenvalue weighted by molar-refractivity contribution is -0.117.